The Labute approximate surface area is 345 Å². The Morgan fingerprint density at radius 1 is 0.491 bits per heavy atom. The summed E-state index contributed by atoms with van der Waals surface area (Å²) in [5.74, 6) is -1.02. The van der Waals surface area contributed by atoms with E-state index in [1.807, 2.05) is 0 Å². The third kappa shape index (κ3) is 42.8. The molecule has 0 aliphatic heterocycles. The van der Waals surface area contributed by atoms with Crippen molar-refractivity contribution < 1.29 is 61.6 Å². The highest BCUT2D eigenvalue weighted by molar-refractivity contribution is 7.47. The second-order valence-corrected chi connectivity index (χ2v) is 18.0. The lowest BCUT2D eigenvalue weighted by atomic mass is 10.0. The highest BCUT2D eigenvalue weighted by Gasteiger charge is 2.28. The van der Waals surface area contributed by atoms with E-state index in [2.05, 4.69) is 35.0 Å². The van der Waals surface area contributed by atoms with Crippen LogP contribution >= 0.6 is 15.6 Å². The van der Waals surface area contributed by atoms with Gasteiger partial charge in [-0.15, -0.1) is 0 Å². The van der Waals surface area contributed by atoms with Gasteiger partial charge in [0.15, 0.2) is 6.10 Å². The molecule has 0 aromatic heterocycles. The lowest BCUT2D eigenvalue weighted by molar-refractivity contribution is -0.161. The molecule has 0 aromatic rings. The summed E-state index contributed by atoms with van der Waals surface area (Å²) in [5.41, 5.74) is 0. The molecule has 0 saturated heterocycles. The molecular weight excluding hydrogens is 774 g/mol. The molecule has 13 nitrogen and oxygen atoms in total. The predicted octanol–water partition coefficient (Wildman–Crippen LogP) is 11.3. The number of phosphoric ester groups is 2. The molecule has 3 unspecified atom stereocenters. The van der Waals surface area contributed by atoms with Crippen molar-refractivity contribution in [1.82, 2.24) is 0 Å². The van der Waals surface area contributed by atoms with Crippen LogP contribution in [0.5, 0.6) is 0 Å². The van der Waals surface area contributed by atoms with Gasteiger partial charge in [0.2, 0.25) is 0 Å². The van der Waals surface area contributed by atoms with Gasteiger partial charge >= 0.3 is 27.6 Å². The van der Waals surface area contributed by atoms with Crippen molar-refractivity contribution in [2.75, 3.05) is 26.4 Å². The normalized spacial score (nSPS) is 14.1. The van der Waals surface area contributed by atoms with Gasteiger partial charge in [-0.2, -0.15) is 0 Å². The fourth-order valence-corrected chi connectivity index (χ4v) is 7.38. The fraction of sp³-hybridized carbons (Fsp3) is 0.905. The van der Waals surface area contributed by atoms with E-state index in [0.717, 1.165) is 51.4 Å². The Morgan fingerprint density at radius 2 is 0.860 bits per heavy atom. The van der Waals surface area contributed by atoms with Crippen LogP contribution in [0.4, 0.5) is 0 Å². The van der Waals surface area contributed by atoms with Crippen molar-refractivity contribution in [1.29, 1.82) is 0 Å². The number of phosphoric acid groups is 2. The minimum absolute atomic E-state index is 0.131. The first-order valence-electron chi connectivity index (χ1n) is 22.4. The van der Waals surface area contributed by atoms with E-state index in [9.17, 15) is 28.7 Å². The van der Waals surface area contributed by atoms with E-state index >= 15 is 0 Å². The van der Waals surface area contributed by atoms with Crippen molar-refractivity contribution in [2.45, 2.75) is 219 Å². The van der Waals surface area contributed by atoms with E-state index in [1.165, 1.54) is 116 Å². The zero-order valence-electron chi connectivity index (χ0n) is 35.7. The van der Waals surface area contributed by atoms with Crippen LogP contribution in [0, 0.1) is 0 Å². The minimum Gasteiger partial charge on any atom is -0.462 e. The van der Waals surface area contributed by atoms with Crippen LogP contribution in [-0.4, -0.2) is 70.4 Å². The van der Waals surface area contributed by atoms with Crippen molar-refractivity contribution in [3.63, 3.8) is 0 Å². The van der Waals surface area contributed by atoms with Crippen LogP contribution < -0.4 is 0 Å². The number of aliphatic hydroxyl groups excluding tert-OH is 1. The number of esters is 2. The SMILES string of the molecule is CCCCCCC=CCCCCCCCCCC(=O)OC(COC(=O)CCCCCCCCCCCCCCCCC)COP(=O)(O)OCC(O)COP(=O)(O)O. The first-order valence-corrected chi connectivity index (χ1v) is 25.4. The topological polar surface area (TPSA) is 195 Å². The number of aliphatic hydroxyl groups is 1. The molecule has 15 heteroatoms. The van der Waals surface area contributed by atoms with Crippen molar-refractivity contribution in [3.8, 4) is 0 Å². The van der Waals surface area contributed by atoms with Gasteiger partial charge in [0.05, 0.1) is 19.8 Å². The Bertz CT molecular complexity index is 1070. The standard InChI is InChI=1S/C42H82O13P2/c1-3-5-7-9-11-13-15-17-19-21-23-25-27-29-31-33-41(44)51-37-40(38-54-57(49,50)53-36-39(43)35-52-56(46,47)48)55-42(45)34-32-30-28-26-24-22-20-18-16-14-12-10-8-6-4-2/h14,16,39-40,43H,3-13,15,17-38H2,1-2H3,(H,49,50)(H2,46,47,48). The van der Waals surface area contributed by atoms with Gasteiger partial charge < -0.3 is 29.3 Å². The lowest BCUT2D eigenvalue weighted by Gasteiger charge is -2.20. The van der Waals surface area contributed by atoms with Gasteiger partial charge in [-0.25, -0.2) is 9.13 Å². The van der Waals surface area contributed by atoms with Crippen LogP contribution in [0.25, 0.3) is 0 Å². The molecule has 0 saturated carbocycles. The number of hydrogen-bond acceptors (Lipinski definition) is 10. The first kappa shape index (κ1) is 55.9. The molecule has 0 aromatic carbocycles. The second-order valence-electron chi connectivity index (χ2n) is 15.3. The van der Waals surface area contributed by atoms with Crippen molar-refractivity contribution >= 4 is 27.6 Å². The van der Waals surface area contributed by atoms with Crippen LogP contribution in [0.2, 0.25) is 0 Å². The zero-order chi connectivity index (χ0) is 42.3. The number of allylic oxidation sites excluding steroid dienone is 2. The predicted molar refractivity (Wildman–Crippen MR) is 226 cm³/mol. The highest BCUT2D eigenvalue weighted by atomic mass is 31.2. The smallest absolute Gasteiger partial charge is 0.462 e. The molecule has 0 aliphatic rings. The van der Waals surface area contributed by atoms with Crippen molar-refractivity contribution in [2.24, 2.45) is 0 Å². The summed E-state index contributed by atoms with van der Waals surface area (Å²) in [6, 6.07) is 0. The van der Waals surface area contributed by atoms with Gasteiger partial charge in [0.25, 0.3) is 0 Å². The monoisotopic (exact) mass is 857 g/mol. The summed E-state index contributed by atoms with van der Waals surface area (Å²) in [6.45, 7) is 1.78. The van der Waals surface area contributed by atoms with Crippen LogP contribution in [0.3, 0.4) is 0 Å². The average molecular weight is 857 g/mol. The number of ether oxygens (including phenoxy) is 2. The van der Waals surface area contributed by atoms with E-state index in [0.29, 0.717) is 12.8 Å². The second kappa shape index (κ2) is 39.0. The van der Waals surface area contributed by atoms with Crippen LogP contribution in [0.1, 0.15) is 206 Å². The summed E-state index contributed by atoms with van der Waals surface area (Å²) in [4.78, 5) is 52.7. The summed E-state index contributed by atoms with van der Waals surface area (Å²) >= 11 is 0. The Balaban J connectivity index is 4.48. The molecule has 0 heterocycles. The van der Waals surface area contributed by atoms with Gasteiger partial charge in [-0.05, 0) is 38.5 Å². The third-order valence-corrected chi connectivity index (χ3v) is 11.1. The third-order valence-electron chi connectivity index (χ3n) is 9.64. The molecule has 0 bridgehead atoms. The molecular formula is C42H82O13P2. The summed E-state index contributed by atoms with van der Waals surface area (Å²) in [7, 11) is -9.66. The minimum atomic E-state index is -4.86. The number of carbonyl (C=O) groups is 2. The fourth-order valence-electron chi connectivity index (χ4n) is 6.23. The number of unbranched alkanes of at least 4 members (excludes halogenated alkanes) is 25. The molecule has 0 rings (SSSR count). The number of rotatable bonds is 43. The Morgan fingerprint density at radius 3 is 1.32 bits per heavy atom. The quantitative estimate of drug-likeness (QED) is 0.0196. The lowest BCUT2D eigenvalue weighted by Crippen LogP contribution is -2.30. The number of hydrogen-bond donors (Lipinski definition) is 4. The van der Waals surface area contributed by atoms with Crippen molar-refractivity contribution in [3.05, 3.63) is 12.2 Å². The molecule has 0 fully saturated rings. The van der Waals surface area contributed by atoms with Crippen LogP contribution in [-0.2, 0) is 41.8 Å². The van der Waals surface area contributed by atoms with Gasteiger partial charge in [0, 0.05) is 12.8 Å². The summed E-state index contributed by atoms with van der Waals surface area (Å²) in [5, 5.41) is 9.74. The maximum Gasteiger partial charge on any atom is 0.472 e. The molecule has 0 aliphatic carbocycles. The van der Waals surface area contributed by atoms with E-state index in [1.54, 1.807) is 0 Å². The van der Waals surface area contributed by atoms with Gasteiger partial charge in [-0.1, -0.05) is 167 Å². The first-order chi connectivity index (χ1) is 27.4. The summed E-state index contributed by atoms with van der Waals surface area (Å²) < 4.78 is 47.8. The molecule has 338 valence electrons. The Kier molecular flexibility index (Phi) is 38.2. The maximum atomic E-state index is 12.7. The molecule has 0 spiro atoms. The van der Waals surface area contributed by atoms with Gasteiger partial charge in [0.1, 0.15) is 12.7 Å². The molecule has 4 N–H and O–H groups in total. The largest absolute Gasteiger partial charge is 0.472 e. The molecule has 0 amide bonds. The molecule has 57 heavy (non-hydrogen) atoms. The van der Waals surface area contributed by atoms with E-state index in [-0.39, 0.29) is 19.4 Å². The van der Waals surface area contributed by atoms with Crippen LogP contribution in [0.15, 0.2) is 12.2 Å². The average Bonchev–Trinajstić information content (AvgIpc) is 3.17. The maximum absolute atomic E-state index is 12.7. The van der Waals surface area contributed by atoms with E-state index < -0.39 is 59.6 Å². The summed E-state index contributed by atoms with van der Waals surface area (Å²) in [6.07, 6.45) is 34.8. The Hall–Kier alpha value is -1.14. The van der Waals surface area contributed by atoms with Gasteiger partial charge in [-0.3, -0.25) is 23.2 Å². The number of carbonyl (C=O) groups excluding carboxylic acids is 2. The van der Waals surface area contributed by atoms with E-state index in [4.69, 9.17) is 23.8 Å². The highest BCUT2D eigenvalue weighted by Crippen LogP contribution is 2.43. The molecule has 3 atom stereocenters. The zero-order valence-corrected chi connectivity index (χ0v) is 37.5. The molecule has 0 radical (unpaired) electrons.